The van der Waals surface area contributed by atoms with Gasteiger partial charge in [-0.2, -0.15) is 0 Å². The van der Waals surface area contributed by atoms with Gasteiger partial charge < -0.3 is 0 Å². The van der Waals surface area contributed by atoms with Crippen molar-refractivity contribution in [2.24, 2.45) is 0 Å². The molecule has 3 aromatic rings. The quantitative estimate of drug-likeness (QED) is 0.697. The van der Waals surface area contributed by atoms with E-state index in [2.05, 4.69) is 9.97 Å². The fraction of sp³-hybridized carbons (Fsp3) is 0.158. The summed E-state index contributed by atoms with van der Waals surface area (Å²) in [6.45, 7) is 2.16. The molecule has 0 N–H and O–H groups in total. The molecule has 1 aliphatic heterocycles. The molecule has 0 unspecified atom stereocenters. The number of para-hydroxylation sites is 1. The lowest BCUT2D eigenvalue weighted by Gasteiger charge is -2.13. The Labute approximate surface area is 139 Å². The molecule has 4 rings (SSSR count). The average molecular weight is 317 g/mol. The van der Waals surface area contributed by atoms with Crippen LogP contribution in [0, 0.1) is 0 Å². The summed E-state index contributed by atoms with van der Waals surface area (Å²) in [5.41, 5.74) is 3.17. The highest BCUT2D eigenvalue weighted by Crippen LogP contribution is 2.32. The van der Waals surface area contributed by atoms with Crippen molar-refractivity contribution in [1.29, 1.82) is 0 Å². The molecule has 5 nitrogen and oxygen atoms in total. The van der Waals surface area contributed by atoms with Crippen LogP contribution in [0.3, 0.4) is 0 Å². The van der Waals surface area contributed by atoms with Crippen LogP contribution in [0.5, 0.6) is 0 Å². The number of hydrogen-bond donors (Lipinski definition) is 0. The predicted molar refractivity (Wildman–Crippen MR) is 89.6 cm³/mol. The molecule has 2 amide bonds. The minimum absolute atomic E-state index is 0.220. The van der Waals surface area contributed by atoms with Crippen molar-refractivity contribution in [3.63, 3.8) is 0 Å². The van der Waals surface area contributed by atoms with E-state index < -0.39 is 0 Å². The smallest absolute Gasteiger partial charge is 0.263 e. The first kappa shape index (κ1) is 14.5. The molecule has 0 radical (unpaired) electrons. The number of hydrogen-bond acceptors (Lipinski definition) is 4. The summed E-state index contributed by atoms with van der Waals surface area (Å²) >= 11 is 0. The lowest BCUT2D eigenvalue weighted by atomic mass is 10.0. The van der Waals surface area contributed by atoms with Gasteiger partial charge in [-0.05, 0) is 24.1 Å². The van der Waals surface area contributed by atoms with Crippen molar-refractivity contribution in [1.82, 2.24) is 14.9 Å². The fourth-order valence-electron chi connectivity index (χ4n) is 3.15. The van der Waals surface area contributed by atoms with Crippen molar-refractivity contribution >= 4 is 22.7 Å². The Morgan fingerprint density at radius 2 is 1.79 bits per heavy atom. The molecule has 0 saturated heterocycles. The van der Waals surface area contributed by atoms with Crippen LogP contribution in [0.4, 0.5) is 0 Å². The first-order valence-corrected chi connectivity index (χ1v) is 7.87. The van der Waals surface area contributed by atoms with Crippen LogP contribution in [0.2, 0.25) is 0 Å². The summed E-state index contributed by atoms with van der Waals surface area (Å²) in [7, 11) is 0. The van der Waals surface area contributed by atoms with Gasteiger partial charge in [-0.25, -0.2) is 0 Å². The van der Waals surface area contributed by atoms with Crippen molar-refractivity contribution in [2.75, 3.05) is 0 Å². The highest BCUT2D eigenvalue weighted by atomic mass is 16.2. The van der Waals surface area contributed by atoms with Crippen LogP contribution in [-0.2, 0) is 13.0 Å². The second kappa shape index (κ2) is 5.53. The zero-order valence-electron chi connectivity index (χ0n) is 13.2. The van der Waals surface area contributed by atoms with Crippen LogP contribution >= 0.6 is 0 Å². The Morgan fingerprint density at radius 3 is 2.54 bits per heavy atom. The van der Waals surface area contributed by atoms with E-state index in [4.69, 9.17) is 0 Å². The van der Waals surface area contributed by atoms with Gasteiger partial charge in [-0.1, -0.05) is 31.2 Å². The topological polar surface area (TPSA) is 63.2 Å². The number of fused-ring (bicyclic) bond motifs is 3. The van der Waals surface area contributed by atoms with Crippen molar-refractivity contribution in [3.8, 4) is 0 Å². The SMILES string of the molecule is CCc1nc2ccccc2c2c1C(=O)N(Cc1cccnc1)C2=O. The number of aromatic nitrogens is 2. The molecule has 5 heteroatoms. The standard InChI is InChI=1S/C19H15N3O2/c1-2-14-17-16(13-7-3-4-8-15(13)21-14)18(23)22(19(17)24)11-12-6-5-9-20-10-12/h3-10H,2,11H2,1H3. The third kappa shape index (κ3) is 2.09. The minimum Gasteiger partial charge on any atom is -0.270 e. The molecule has 1 aromatic carbocycles. The maximum atomic E-state index is 13.0. The van der Waals surface area contributed by atoms with Gasteiger partial charge in [0.1, 0.15) is 0 Å². The van der Waals surface area contributed by atoms with Gasteiger partial charge in [0.05, 0.1) is 28.9 Å². The van der Waals surface area contributed by atoms with Crippen molar-refractivity contribution in [3.05, 3.63) is 71.2 Å². The molecule has 0 fully saturated rings. The number of benzene rings is 1. The van der Waals surface area contributed by atoms with E-state index in [0.29, 0.717) is 23.2 Å². The van der Waals surface area contributed by atoms with Gasteiger partial charge in [0.2, 0.25) is 0 Å². The number of carbonyl (C=O) groups is 2. The fourth-order valence-corrected chi connectivity index (χ4v) is 3.15. The van der Waals surface area contributed by atoms with Gasteiger partial charge in [0.25, 0.3) is 11.8 Å². The summed E-state index contributed by atoms with van der Waals surface area (Å²) in [5, 5.41) is 0.733. The monoisotopic (exact) mass is 317 g/mol. The highest BCUT2D eigenvalue weighted by Gasteiger charge is 2.39. The largest absolute Gasteiger partial charge is 0.270 e. The third-order valence-electron chi connectivity index (χ3n) is 4.28. The lowest BCUT2D eigenvalue weighted by Crippen LogP contribution is -2.29. The van der Waals surface area contributed by atoms with E-state index >= 15 is 0 Å². The van der Waals surface area contributed by atoms with Crippen LogP contribution < -0.4 is 0 Å². The Morgan fingerprint density at radius 1 is 1.00 bits per heavy atom. The first-order valence-electron chi connectivity index (χ1n) is 7.87. The molecule has 0 saturated carbocycles. The molecule has 0 bridgehead atoms. The first-order chi connectivity index (χ1) is 11.7. The maximum Gasteiger partial charge on any atom is 0.263 e. The lowest BCUT2D eigenvalue weighted by molar-refractivity contribution is 0.0642. The van der Waals surface area contributed by atoms with E-state index in [0.717, 1.165) is 16.5 Å². The van der Waals surface area contributed by atoms with E-state index in [1.165, 1.54) is 4.90 Å². The molecule has 2 aromatic heterocycles. The maximum absolute atomic E-state index is 13.0. The van der Waals surface area contributed by atoms with E-state index in [1.54, 1.807) is 18.5 Å². The summed E-state index contributed by atoms with van der Waals surface area (Å²) < 4.78 is 0. The molecule has 0 aliphatic carbocycles. The van der Waals surface area contributed by atoms with Crippen LogP contribution in [0.1, 0.15) is 38.9 Å². The summed E-state index contributed by atoms with van der Waals surface area (Å²) in [4.78, 5) is 35.7. The number of nitrogens with zero attached hydrogens (tertiary/aromatic N) is 3. The summed E-state index contributed by atoms with van der Waals surface area (Å²) in [6.07, 6.45) is 3.94. The normalized spacial score (nSPS) is 13.6. The Balaban J connectivity index is 1.87. The van der Waals surface area contributed by atoms with Gasteiger partial charge in [-0.15, -0.1) is 0 Å². The molecule has 24 heavy (non-hydrogen) atoms. The number of amides is 2. The van der Waals surface area contributed by atoms with E-state index in [9.17, 15) is 9.59 Å². The van der Waals surface area contributed by atoms with Crippen LogP contribution in [0.25, 0.3) is 10.9 Å². The molecule has 3 heterocycles. The van der Waals surface area contributed by atoms with E-state index in [1.807, 2.05) is 37.3 Å². The zero-order chi connectivity index (χ0) is 16.7. The molecule has 0 spiro atoms. The highest BCUT2D eigenvalue weighted by molar-refractivity contribution is 6.26. The zero-order valence-corrected chi connectivity index (χ0v) is 13.2. The average Bonchev–Trinajstić information content (AvgIpc) is 2.87. The Kier molecular flexibility index (Phi) is 3.34. The Hall–Kier alpha value is -3.08. The van der Waals surface area contributed by atoms with Crippen molar-refractivity contribution < 1.29 is 9.59 Å². The van der Waals surface area contributed by atoms with Crippen LogP contribution in [0.15, 0.2) is 48.8 Å². The molecular weight excluding hydrogens is 302 g/mol. The number of rotatable bonds is 3. The second-order valence-electron chi connectivity index (χ2n) is 5.74. The molecule has 0 atom stereocenters. The molecule has 118 valence electrons. The van der Waals surface area contributed by atoms with Crippen LogP contribution in [-0.4, -0.2) is 26.7 Å². The van der Waals surface area contributed by atoms with Gasteiger partial charge in [0, 0.05) is 17.8 Å². The van der Waals surface area contributed by atoms with Gasteiger partial charge in [-0.3, -0.25) is 24.5 Å². The second-order valence-corrected chi connectivity index (χ2v) is 5.74. The third-order valence-corrected chi connectivity index (χ3v) is 4.28. The van der Waals surface area contributed by atoms with E-state index in [-0.39, 0.29) is 18.4 Å². The number of carbonyl (C=O) groups excluding carboxylic acids is 2. The molecule has 1 aliphatic rings. The number of pyridine rings is 2. The summed E-state index contributed by atoms with van der Waals surface area (Å²) in [5.74, 6) is -0.527. The Bertz CT molecular complexity index is 967. The van der Waals surface area contributed by atoms with Crippen molar-refractivity contribution in [2.45, 2.75) is 19.9 Å². The van der Waals surface area contributed by atoms with Gasteiger partial charge in [0.15, 0.2) is 0 Å². The number of imide groups is 1. The predicted octanol–water partition coefficient (Wildman–Crippen LogP) is 2.99. The summed E-state index contributed by atoms with van der Waals surface area (Å²) in [6, 6.07) is 11.1. The number of aryl methyl sites for hydroxylation is 1. The minimum atomic E-state index is -0.269. The van der Waals surface area contributed by atoms with Gasteiger partial charge >= 0.3 is 0 Å². The molecular formula is C19H15N3O2.